The van der Waals surface area contributed by atoms with Crippen LogP contribution in [0.2, 0.25) is 0 Å². The summed E-state index contributed by atoms with van der Waals surface area (Å²) in [6.07, 6.45) is 5.71. The number of methoxy groups -OCH3 is 2. The molecule has 2 heterocycles. The number of aromatic amines is 1. The highest BCUT2D eigenvalue weighted by Crippen LogP contribution is 2.35. The molecular weight excluding hydrogens is 416 g/mol. The lowest BCUT2D eigenvalue weighted by Crippen LogP contribution is -2.11. The van der Waals surface area contributed by atoms with Crippen molar-refractivity contribution in [3.05, 3.63) is 95.2 Å². The Balaban J connectivity index is 1.46. The van der Waals surface area contributed by atoms with Crippen LogP contribution in [-0.2, 0) is 6.42 Å². The minimum absolute atomic E-state index is 0.00488. The van der Waals surface area contributed by atoms with Gasteiger partial charge < -0.3 is 14.5 Å². The number of nitrogens with one attached hydrogen (secondary N) is 1. The van der Waals surface area contributed by atoms with Gasteiger partial charge in [0.15, 0.2) is 11.5 Å². The fraction of sp³-hybridized carbons (Fsp3) is 0.111. The standard InChI is InChI=1S/C27H22N2O4/c1-32-24-12-21-22(13-25(24)33-2)27(31)28-14-23(21)18-9-7-17(8-10-18)11-26(30)29-15-19-5-3-4-6-20(19)16-29/h3-10,12-16H,11H2,1-2H3,(H,28,31). The highest BCUT2D eigenvalue weighted by atomic mass is 16.5. The minimum Gasteiger partial charge on any atom is -0.493 e. The van der Waals surface area contributed by atoms with Crippen LogP contribution in [0, 0.1) is 0 Å². The van der Waals surface area contributed by atoms with Crippen LogP contribution in [0.3, 0.4) is 0 Å². The van der Waals surface area contributed by atoms with Crippen LogP contribution in [0.4, 0.5) is 0 Å². The van der Waals surface area contributed by atoms with Crippen LogP contribution in [-0.4, -0.2) is 29.7 Å². The Morgan fingerprint density at radius 1 is 0.879 bits per heavy atom. The van der Waals surface area contributed by atoms with Gasteiger partial charge >= 0.3 is 0 Å². The van der Waals surface area contributed by atoms with Gasteiger partial charge in [-0.1, -0.05) is 48.5 Å². The van der Waals surface area contributed by atoms with Crippen molar-refractivity contribution in [3.63, 3.8) is 0 Å². The first-order chi connectivity index (χ1) is 16.1. The van der Waals surface area contributed by atoms with Crippen LogP contribution >= 0.6 is 0 Å². The third-order valence-electron chi connectivity index (χ3n) is 5.87. The fourth-order valence-electron chi connectivity index (χ4n) is 4.12. The molecule has 1 N–H and O–H groups in total. The highest BCUT2D eigenvalue weighted by molar-refractivity contribution is 5.97. The number of hydrogen-bond donors (Lipinski definition) is 1. The number of fused-ring (bicyclic) bond motifs is 2. The van der Waals surface area contributed by atoms with Gasteiger partial charge in [-0.2, -0.15) is 0 Å². The summed E-state index contributed by atoms with van der Waals surface area (Å²) < 4.78 is 12.4. The first-order valence-electron chi connectivity index (χ1n) is 10.5. The third kappa shape index (κ3) is 3.76. The quantitative estimate of drug-likeness (QED) is 0.417. The first-order valence-corrected chi connectivity index (χ1v) is 10.5. The summed E-state index contributed by atoms with van der Waals surface area (Å²) >= 11 is 0. The lowest BCUT2D eigenvalue weighted by Gasteiger charge is -2.12. The lowest BCUT2D eigenvalue weighted by atomic mass is 9.98. The molecule has 6 nitrogen and oxygen atoms in total. The normalized spacial score (nSPS) is 11.1. The van der Waals surface area contributed by atoms with E-state index in [4.69, 9.17) is 9.47 Å². The molecule has 164 valence electrons. The maximum absolute atomic E-state index is 12.8. The number of pyridine rings is 1. The van der Waals surface area contributed by atoms with Crippen molar-refractivity contribution < 1.29 is 14.3 Å². The van der Waals surface area contributed by atoms with Crippen molar-refractivity contribution in [2.45, 2.75) is 6.42 Å². The minimum atomic E-state index is -0.198. The number of rotatable bonds is 5. The van der Waals surface area contributed by atoms with E-state index in [0.717, 1.165) is 32.8 Å². The van der Waals surface area contributed by atoms with Gasteiger partial charge in [0.05, 0.1) is 26.0 Å². The number of hydrogen-bond acceptors (Lipinski definition) is 4. The Labute approximate surface area is 190 Å². The van der Waals surface area contributed by atoms with E-state index in [1.807, 2.05) is 67.0 Å². The molecule has 0 radical (unpaired) electrons. The second kappa shape index (κ2) is 8.31. The molecule has 5 rings (SSSR count). The number of carbonyl (C=O) groups excluding carboxylic acids is 1. The van der Waals surface area contributed by atoms with Crippen molar-refractivity contribution >= 4 is 27.5 Å². The highest BCUT2D eigenvalue weighted by Gasteiger charge is 2.14. The fourth-order valence-corrected chi connectivity index (χ4v) is 4.12. The van der Waals surface area contributed by atoms with E-state index >= 15 is 0 Å². The van der Waals surface area contributed by atoms with E-state index in [-0.39, 0.29) is 11.5 Å². The molecule has 0 bridgehead atoms. The Hall–Kier alpha value is -4.32. The van der Waals surface area contributed by atoms with Crippen molar-refractivity contribution in [1.29, 1.82) is 0 Å². The van der Waals surface area contributed by atoms with Crippen molar-refractivity contribution in [2.24, 2.45) is 0 Å². The summed E-state index contributed by atoms with van der Waals surface area (Å²) in [7, 11) is 3.11. The second-order valence-corrected chi connectivity index (χ2v) is 7.85. The molecule has 0 aliphatic heterocycles. The molecule has 33 heavy (non-hydrogen) atoms. The molecule has 2 aromatic heterocycles. The number of nitrogens with zero attached hydrogens (tertiary/aromatic N) is 1. The average molecular weight is 438 g/mol. The molecule has 6 heteroatoms. The molecule has 5 aromatic rings. The van der Waals surface area contributed by atoms with Crippen LogP contribution in [0.5, 0.6) is 11.5 Å². The molecule has 0 spiro atoms. The molecule has 3 aromatic carbocycles. The summed E-state index contributed by atoms with van der Waals surface area (Å²) in [6.45, 7) is 0. The predicted octanol–water partition coefficient (Wildman–Crippen LogP) is 5.05. The molecule has 0 fully saturated rings. The first kappa shape index (κ1) is 20.6. The summed E-state index contributed by atoms with van der Waals surface area (Å²) in [5.74, 6) is 1.06. The van der Waals surface area contributed by atoms with Crippen LogP contribution in [0.1, 0.15) is 10.4 Å². The molecule has 0 saturated heterocycles. The third-order valence-corrected chi connectivity index (χ3v) is 5.87. The molecule has 0 aliphatic carbocycles. The van der Waals surface area contributed by atoms with Gasteiger partial charge in [0.2, 0.25) is 5.91 Å². The average Bonchev–Trinajstić information content (AvgIpc) is 3.29. The van der Waals surface area contributed by atoms with Gasteiger partial charge in [0, 0.05) is 29.5 Å². The Morgan fingerprint density at radius 3 is 2.09 bits per heavy atom. The van der Waals surface area contributed by atoms with Gasteiger partial charge in [-0.25, -0.2) is 0 Å². The zero-order chi connectivity index (χ0) is 22.9. The topological polar surface area (TPSA) is 73.3 Å². The predicted molar refractivity (Wildman–Crippen MR) is 129 cm³/mol. The lowest BCUT2D eigenvalue weighted by molar-refractivity contribution is 0.0915. The Bertz CT molecular complexity index is 1510. The van der Waals surface area contributed by atoms with E-state index in [1.54, 1.807) is 23.9 Å². The van der Waals surface area contributed by atoms with Gasteiger partial charge in [0.25, 0.3) is 5.56 Å². The molecule has 0 atom stereocenters. The zero-order valence-corrected chi connectivity index (χ0v) is 18.3. The number of carbonyl (C=O) groups is 1. The Kier molecular flexibility index (Phi) is 5.18. The molecule has 0 aliphatic rings. The zero-order valence-electron chi connectivity index (χ0n) is 18.3. The SMILES string of the molecule is COc1cc2c(-c3ccc(CC(=O)n4cc5ccccc5c4)cc3)c[nH]c(=O)c2cc1OC. The van der Waals surface area contributed by atoms with Gasteiger partial charge in [-0.3, -0.25) is 14.2 Å². The molecule has 0 saturated carbocycles. The largest absolute Gasteiger partial charge is 0.493 e. The number of H-pyrrole nitrogens is 1. The second-order valence-electron chi connectivity index (χ2n) is 7.85. The van der Waals surface area contributed by atoms with Gasteiger partial charge in [-0.05, 0) is 34.0 Å². The maximum Gasteiger partial charge on any atom is 0.255 e. The number of aromatic nitrogens is 2. The van der Waals surface area contributed by atoms with Crippen LogP contribution in [0.15, 0.2) is 84.0 Å². The van der Waals surface area contributed by atoms with E-state index in [2.05, 4.69) is 4.98 Å². The van der Waals surface area contributed by atoms with Crippen LogP contribution < -0.4 is 15.0 Å². The Morgan fingerprint density at radius 2 is 1.48 bits per heavy atom. The van der Waals surface area contributed by atoms with E-state index < -0.39 is 0 Å². The molecule has 0 amide bonds. The van der Waals surface area contributed by atoms with E-state index in [1.165, 1.54) is 7.11 Å². The number of benzene rings is 3. The molecule has 0 unspecified atom stereocenters. The van der Waals surface area contributed by atoms with Gasteiger partial charge in [-0.15, -0.1) is 0 Å². The maximum atomic E-state index is 12.8. The molecular formula is C27H22N2O4. The van der Waals surface area contributed by atoms with Crippen molar-refractivity contribution in [3.8, 4) is 22.6 Å². The van der Waals surface area contributed by atoms with Crippen molar-refractivity contribution in [1.82, 2.24) is 9.55 Å². The van der Waals surface area contributed by atoms with E-state index in [9.17, 15) is 9.59 Å². The summed E-state index contributed by atoms with van der Waals surface area (Å²) in [5, 5.41) is 3.36. The van der Waals surface area contributed by atoms with E-state index in [0.29, 0.717) is 23.3 Å². The number of ether oxygens (including phenoxy) is 2. The summed E-state index contributed by atoms with van der Waals surface area (Å²) in [5.41, 5.74) is 2.50. The monoisotopic (exact) mass is 438 g/mol. The van der Waals surface area contributed by atoms with Crippen LogP contribution in [0.25, 0.3) is 32.7 Å². The summed E-state index contributed by atoms with van der Waals surface area (Å²) in [4.78, 5) is 28.0. The van der Waals surface area contributed by atoms with Gasteiger partial charge in [0.1, 0.15) is 0 Å². The summed E-state index contributed by atoms with van der Waals surface area (Å²) in [6, 6.07) is 19.2. The smallest absolute Gasteiger partial charge is 0.255 e. The van der Waals surface area contributed by atoms with Crippen molar-refractivity contribution in [2.75, 3.05) is 14.2 Å².